The molecule has 1 aliphatic heterocycles. The molecule has 0 bridgehead atoms. The fourth-order valence-electron chi connectivity index (χ4n) is 2.95. The highest BCUT2D eigenvalue weighted by atomic mass is 79.9. The molecule has 1 amide bonds. The number of carboxylic acid groups (broad SMARTS) is 1. The Kier molecular flexibility index (Phi) is 4.16. The van der Waals surface area contributed by atoms with Gasteiger partial charge in [0.25, 0.3) is 5.91 Å². The molecule has 2 aromatic carbocycles. The fraction of sp³-hybridized carbons (Fsp3) is 0.294. The number of carboxylic acids is 1. The first kappa shape index (κ1) is 15.0. The molecule has 4 nitrogen and oxygen atoms in total. The Morgan fingerprint density at radius 3 is 2.50 bits per heavy atom. The van der Waals surface area contributed by atoms with E-state index in [1.165, 1.54) is 0 Å². The normalized spacial score (nSPS) is 16.0. The van der Waals surface area contributed by atoms with Crippen LogP contribution in [0, 0.1) is 5.92 Å². The summed E-state index contributed by atoms with van der Waals surface area (Å²) < 4.78 is 0.870. The van der Waals surface area contributed by atoms with Gasteiger partial charge < -0.3 is 10.0 Å². The predicted octanol–water partition coefficient (Wildman–Crippen LogP) is 3.54. The lowest BCUT2D eigenvalue weighted by Gasteiger charge is -2.30. The summed E-state index contributed by atoms with van der Waals surface area (Å²) in [5, 5.41) is 11.0. The molecule has 0 atom stereocenters. The van der Waals surface area contributed by atoms with Crippen molar-refractivity contribution in [1.29, 1.82) is 0 Å². The second-order valence-corrected chi connectivity index (χ2v) is 6.49. The maximum atomic E-state index is 12.8. The van der Waals surface area contributed by atoms with E-state index in [0.717, 1.165) is 15.2 Å². The minimum absolute atomic E-state index is 0.0265. The summed E-state index contributed by atoms with van der Waals surface area (Å²) in [6, 6.07) is 11.6. The van der Waals surface area contributed by atoms with Crippen LogP contribution < -0.4 is 0 Å². The number of halogens is 1. The Bertz CT molecular complexity index is 736. The summed E-state index contributed by atoms with van der Waals surface area (Å²) in [5.74, 6) is -1.12. The van der Waals surface area contributed by atoms with E-state index >= 15 is 0 Å². The van der Waals surface area contributed by atoms with Crippen LogP contribution in [0.2, 0.25) is 0 Å². The third-order valence-electron chi connectivity index (χ3n) is 4.19. The average molecular weight is 362 g/mol. The molecule has 114 valence electrons. The van der Waals surface area contributed by atoms with E-state index in [4.69, 9.17) is 5.11 Å². The maximum absolute atomic E-state index is 12.8. The van der Waals surface area contributed by atoms with E-state index in [2.05, 4.69) is 15.9 Å². The van der Waals surface area contributed by atoms with Gasteiger partial charge in [-0.3, -0.25) is 9.59 Å². The Balaban J connectivity index is 1.89. The van der Waals surface area contributed by atoms with Gasteiger partial charge in [-0.1, -0.05) is 40.2 Å². The molecular weight excluding hydrogens is 346 g/mol. The summed E-state index contributed by atoms with van der Waals surface area (Å²) in [7, 11) is 0. The maximum Gasteiger partial charge on any atom is 0.306 e. The molecule has 0 saturated carbocycles. The molecule has 0 aromatic heterocycles. The van der Waals surface area contributed by atoms with E-state index in [1.807, 2.05) is 36.4 Å². The van der Waals surface area contributed by atoms with Crippen molar-refractivity contribution in [2.45, 2.75) is 12.8 Å². The van der Waals surface area contributed by atoms with Gasteiger partial charge in [0, 0.05) is 23.1 Å². The van der Waals surface area contributed by atoms with Crippen LogP contribution >= 0.6 is 15.9 Å². The van der Waals surface area contributed by atoms with Crippen LogP contribution in [-0.2, 0) is 4.79 Å². The molecule has 1 aliphatic rings. The summed E-state index contributed by atoms with van der Waals surface area (Å²) >= 11 is 3.46. The second kappa shape index (κ2) is 6.08. The number of carbonyl (C=O) groups is 2. The molecular formula is C17H16BrNO3. The summed E-state index contributed by atoms with van der Waals surface area (Å²) in [5.41, 5.74) is 0.666. The highest BCUT2D eigenvalue weighted by molar-refractivity contribution is 9.10. The number of benzene rings is 2. The SMILES string of the molecule is O=C(O)C1CCN(C(=O)c2cc(Br)cc3ccccc23)CC1. The van der Waals surface area contributed by atoms with Gasteiger partial charge in [0.05, 0.1) is 5.92 Å². The van der Waals surface area contributed by atoms with Gasteiger partial charge in [-0.05, 0) is 35.7 Å². The lowest BCUT2D eigenvalue weighted by Crippen LogP contribution is -2.40. The first-order valence-electron chi connectivity index (χ1n) is 7.26. The van der Waals surface area contributed by atoms with Gasteiger partial charge in [0.2, 0.25) is 0 Å². The molecule has 0 radical (unpaired) electrons. The largest absolute Gasteiger partial charge is 0.481 e. The van der Waals surface area contributed by atoms with Crippen LogP contribution in [0.1, 0.15) is 23.2 Å². The standard InChI is InChI=1S/C17H16BrNO3/c18-13-9-12-3-1-2-4-14(12)15(10-13)16(20)19-7-5-11(6-8-19)17(21)22/h1-4,9-11H,5-8H2,(H,21,22). The third-order valence-corrected chi connectivity index (χ3v) is 4.65. The zero-order valence-corrected chi connectivity index (χ0v) is 13.5. The number of rotatable bonds is 2. The van der Waals surface area contributed by atoms with Crippen molar-refractivity contribution < 1.29 is 14.7 Å². The van der Waals surface area contributed by atoms with Crippen LogP contribution in [-0.4, -0.2) is 35.0 Å². The van der Waals surface area contributed by atoms with Gasteiger partial charge in [-0.15, -0.1) is 0 Å². The van der Waals surface area contributed by atoms with Crippen LogP contribution in [0.3, 0.4) is 0 Å². The molecule has 1 heterocycles. The zero-order chi connectivity index (χ0) is 15.7. The monoisotopic (exact) mass is 361 g/mol. The molecule has 0 aliphatic carbocycles. The number of aliphatic carboxylic acids is 1. The Morgan fingerprint density at radius 1 is 1.14 bits per heavy atom. The topological polar surface area (TPSA) is 57.6 Å². The number of fused-ring (bicyclic) bond motifs is 1. The predicted molar refractivity (Wildman–Crippen MR) is 87.9 cm³/mol. The molecule has 22 heavy (non-hydrogen) atoms. The number of hydrogen-bond donors (Lipinski definition) is 1. The first-order chi connectivity index (χ1) is 10.6. The number of likely N-dealkylation sites (tertiary alicyclic amines) is 1. The highest BCUT2D eigenvalue weighted by Crippen LogP contribution is 2.27. The number of amides is 1. The van der Waals surface area contributed by atoms with Gasteiger partial charge in [-0.2, -0.15) is 0 Å². The highest BCUT2D eigenvalue weighted by Gasteiger charge is 2.28. The van der Waals surface area contributed by atoms with Crippen molar-refractivity contribution in [2.24, 2.45) is 5.92 Å². The average Bonchev–Trinajstić information content (AvgIpc) is 2.53. The van der Waals surface area contributed by atoms with Gasteiger partial charge in [0.15, 0.2) is 0 Å². The van der Waals surface area contributed by atoms with Gasteiger partial charge in [0.1, 0.15) is 0 Å². The van der Waals surface area contributed by atoms with E-state index in [-0.39, 0.29) is 11.8 Å². The minimum atomic E-state index is -0.764. The minimum Gasteiger partial charge on any atom is -0.481 e. The molecule has 5 heteroatoms. The molecule has 0 spiro atoms. The van der Waals surface area contributed by atoms with Crippen molar-refractivity contribution in [3.05, 3.63) is 46.4 Å². The molecule has 1 N–H and O–H groups in total. The Hall–Kier alpha value is -1.88. The Morgan fingerprint density at radius 2 is 1.82 bits per heavy atom. The van der Waals surface area contributed by atoms with Crippen LogP contribution in [0.15, 0.2) is 40.9 Å². The quantitative estimate of drug-likeness (QED) is 0.889. The van der Waals surface area contributed by atoms with Crippen molar-refractivity contribution >= 4 is 38.6 Å². The van der Waals surface area contributed by atoms with Crippen molar-refractivity contribution in [2.75, 3.05) is 13.1 Å². The van der Waals surface area contributed by atoms with Crippen LogP contribution in [0.25, 0.3) is 10.8 Å². The van der Waals surface area contributed by atoms with E-state index in [1.54, 1.807) is 4.90 Å². The number of piperidine rings is 1. The lowest BCUT2D eigenvalue weighted by molar-refractivity contribution is -0.143. The molecule has 1 saturated heterocycles. The van der Waals surface area contributed by atoms with E-state index in [0.29, 0.717) is 31.5 Å². The lowest BCUT2D eigenvalue weighted by atomic mass is 9.96. The van der Waals surface area contributed by atoms with Crippen LogP contribution in [0.5, 0.6) is 0 Å². The van der Waals surface area contributed by atoms with Crippen LogP contribution in [0.4, 0.5) is 0 Å². The summed E-state index contributed by atoms with van der Waals surface area (Å²) in [4.78, 5) is 25.6. The van der Waals surface area contributed by atoms with Crippen molar-refractivity contribution in [1.82, 2.24) is 4.90 Å². The molecule has 3 rings (SSSR count). The summed E-state index contributed by atoms with van der Waals surface area (Å²) in [6.07, 6.45) is 1.04. The second-order valence-electron chi connectivity index (χ2n) is 5.58. The number of nitrogens with zero attached hydrogens (tertiary/aromatic N) is 1. The summed E-state index contributed by atoms with van der Waals surface area (Å²) in [6.45, 7) is 0.993. The van der Waals surface area contributed by atoms with E-state index in [9.17, 15) is 9.59 Å². The third kappa shape index (κ3) is 2.86. The molecule has 1 fully saturated rings. The number of hydrogen-bond acceptors (Lipinski definition) is 2. The molecule has 0 unspecified atom stereocenters. The first-order valence-corrected chi connectivity index (χ1v) is 8.06. The number of carbonyl (C=O) groups excluding carboxylic acids is 1. The Labute approximate surface area is 136 Å². The van der Waals surface area contributed by atoms with Gasteiger partial charge in [-0.25, -0.2) is 0 Å². The fourth-order valence-corrected chi connectivity index (χ4v) is 3.43. The van der Waals surface area contributed by atoms with Crippen molar-refractivity contribution in [3.63, 3.8) is 0 Å². The van der Waals surface area contributed by atoms with Gasteiger partial charge >= 0.3 is 5.97 Å². The van der Waals surface area contributed by atoms with E-state index < -0.39 is 5.97 Å². The van der Waals surface area contributed by atoms with Crippen molar-refractivity contribution in [3.8, 4) is 0 Å². The smallest absolute Gasteiger partial charge is 0.306 e. The molecule has 2 aromatic rings. The zero-order valence-electron chi connectivity index (χ0n) is 12.0.